The summed E-state index contributed by atoms with van der Waals surface area (Å²) < 4.78 is 51.2. The molecular weight excluding hydrogens is 321 g/mol. The van der Waals surface area contributed by atoms with Crippen LogP contribution in [-0.4, -0.2) is 50.5 Å². The number of benzene rings is 1. The van der Waals surface area contributed by atoms with E-state index in [4.69, 9.17) is 9.47 Å². The van der Waals surface area contributed by atoms with Gasteiger partial charge in [-0.05, 0) is 17.7 Å². The van der Waals surface area contributed by atoms with Gasteiger partial charge in [0.25, 0.3) is 0 Å². The molecule has 124 valence electrons. The highest BCUT2D eigenvalue weighted by molar-refractivity contribution is 5.85. The van der Waals surface area contributed by atoms with Gasteiger partial charge in [-0.1, -0.05) is 6.07 Å². The number of nitrogens with zero attached hydrogens (tertiary/aromatic N) is 1. The van der Waals surface area contributed by atoms with Gasteiger partial charge >= 0.3 is 6.18 Å². The molecule has 0 spiro atoms. The minimum atomic E-state index is -4.32. The maximum Gasteiger partial charge on any atom is 0.408 e. The van der Waals surface area contributed by atoms with Gasteiger partial charge in [0.1, 0.15) is 19.3 Å². The summed E-state index contributed by atoms with van der Waals surface area (Å²) in [6, 6.07) is 2.89. The number of rotatable bonds is 2. The standard InChI is InChI=1S/C14H17F3N2O2.ClH/c15-14(16,17)13(19-5-3-18-4-6-19)10-1-2-11-12(9-10)21-8-7-20-11;/h1-2,9,13,18H,3-8H2;1H/t13-;/m1./s1. The van der Waals surface area contributed by atoms with E-state index in [0.717, 1.165) is 0 Å². The fourth-order valence-corrected chi connectivity index (χ4v) is 2.78. The second-order valence-electron chi connectivity index (χ2n) is 5.13. The molecule has 2 aliphatic heterocycles. The molecule has 0 aromatic heterocycles. The third-order valence-electron chi connectivity index (χ3n) is 3.71. The number of halogens is 4. The highest BCUT2D eigenvalue weighted by Gasteiger charge is 2.45. The first-order chi connectivity index (χ1) is 10.1. The molecule has 1 aromatic rings. The molecular formula is C14H18ClF3N2O2. The van der Waals surface area contributed by atoms with Crippen LogP contribution >= 0.6 is 12.4 Å². The van der Waals surface area contributed by atoms with Crippen molar-refractivity contribution in [1.29, 1.82) is 0 Å². The van der Waals surface area contributed by atoms with Gasteiger partial charge in [-0.3, -0.25) is 4.90 Å². The number of piperazine rings is 1. The van der Waals surface area contributed by atoms with E-state index >= 15 is 0 Å². The number of nitrogens with one attached hydrogen (secondary N) is 1. The monoisotopic (exact) mass is 338 g/mol. The number of fused-ring (bicyclic) bond motifs is 1. The normalized spacial score (nSPS) is 20.1. The van der Waals surface area contributed by atoms with Crippen LogP contribution in [0.4, 0.5) is 13.2 Å². The smallest absolute Gasteiger partial charge is 0.408 e. The van der Waals surface area contributed by atoms with Crippen molar-refractivity contribution in [3.8, 4) is 11.5 Å². The molecule has 0 bridgehead atoms. The first kappa shape index (κ1) is 17.2. The van der Waals surface area contributed by atoms with Crippen molar-refractivity contribution in [3.05, 3.63) is 23.8 Å². The Bertz CT molecular complexity index is 507. The zero-order chi connectivity index (χ0) is 14.9. The van der Waals surface area contributed by atoms with E-state index in [-0.39, 0.29) is 18.0 Å². The minimum Gasteiger partial charge on any atom is -0.486 e. The molecule has 3 rings (SSSR count). The minimum absolute atomic E-state index is 0. The van der Waals surface area contributed by atoms with Gasteiger partial charge < -0.3 is 14.8 Å². The van der Waals surface area contributed by atoms with Crippen molar-refractivity contribution in [2.24, 2.45) is 0 Å². The Balaban J connectivity index is 0.00000176. The molecule has 22 heavy (non-hydrogen) atoms. The van der Waals surface area contributed by atoms with Crippen LogP contribution in [0.1, 0.15) is 11.6 Å². The molecule has 4 nitrogen and oxygen atoms in total. The lowest BCUT2D eigenvalue weighted by Gasteiger charge is -2.36. The quantitative estimate of drug-likeness (QED) is 0.898. The number of hydrogen-bond acceptors (Lipinski definition) is 4. The van der Waals surface area contributed by atoms with Crippen LogP contribution in [0.5, 0.6) is 11.5 Å². The van der Waals surface area contributed by atoms with Gasteiger partial charge in [-0.25, -0.2) is 0 Å². The number of ether oxygens (including phenoxy) is 2. The van der Waals surface area contributed by atoms with Crippen LogP contribution in [-0.2, 0) is 0 Å². The lowest BCUT2D eigenvalue weighted by Crippen LogP contribution is -2.49. The van der Waals surface area contributed by atoms with Crippen LogP contribution in [0.2, 0.25) is 0 Å². The summed E-state index contributed by atoms with van der Waals surface area (Å²) in [5, 5.41) is 3.07. The van der Waals surface area contributed by atoms with Gasteiger partial charge in [0.2, 0.25) is 0 Å². The van der Waals surface area contributed by atoms with Crippen LogP contribution in [0.25, 0.3) is 0 Å². The fourth-order valence-electron chi connectivity index (χ4n) is 2.78. The average molecular weight is 339 g/mol. The predicted octanol–water partition coefficient (Wildman–Crippen LogP) is 2.39. The molecule has 2 heterocycles. The zero-order valence-corrected chi connectivity index (χ0v) is 12.7. The maximum absolute atomic E-state index is 13.5. The molecule has 1 fully saturated rings. The van der Waals surface area contributed by atoms with E-state index in [1.54, 1.807) is 6.07 Å². The van der Waals surface area contributed by atoms with Crippen LogP contribution in [0.15, 0.2) is 18.2 Å². The lowest BCUT2D eigenvalue weighted by atomic mass is 10.0. The van der Waals surface area contributed by atoms with Crippen LogP contribution in [0.3, 0.4) is 0 Å². The van der Waals surface area contributed by atoms with Crippen molar-refractivity contribution in [2.75, 3.05) is 39.4 Å². The molecule has 1 aromatic carbocycles. The summed E-state index contributed by atoms with van der Waals surface area (Å²) >= 11 is 0. The number of alkyl halides is 3. The fraction of sp³-hybridized carbons (Fsp3) is 0.571. The summed E-state index contributed by atoms with van der Waals surface area (Å²) in [7, 11) is 0. The molecule has 0 radical (unpaired) electrons. The van der Waals surface area contributed by atoms with E-state index in [2.05, 4.69) is 5.32 Å². The Morgan fingerprint density at radius 2 is 1.68 bits per heavy atom. The predicted molar refractivity (Wildman–Crippen MR) is 77.9 cm³/mol. The molecule has 0 unspecified atom stereocenters. The Hall–Kier alpha value is -1.18. The van der Waals surface area contributed by atoms with Gasteiger partial charge in [0, 0.05) is 26.2 Å². The van der Waals surface area contributed by atoms with E-state index in [9.17, 15) is 13.2 Å². The van der Waals surface area contributed by atoms with Crippen molar-refractivity contribution in [1.82, 2.24) is 10.2 Å². The highest BCUT2D eigenvalue weighted by atomic mass is 35.5. The second-order valence-corrected chi connectivity index (χ2v) is 5.13. The molecule has 8 heteroatoms. The van der Waals surface area contributed by atoms with Crippen molar-refractivity contribution >= 4 is 12.4 Å². The summed E-state index contributed by atoms with van der Waals surface area (Å²) in [6.07, 6.45) is -4.32. The first-order valence-electron chi connectivity index (χ1n) is 6.97. The van der Waals surface area contributed by atoms with E-state index in [1.165, 1.54) is 17.0 Å². The first-order valence-corrected chi connectivity index (χ1v) is 6.97. The summed E-state index contributed by atoms with van der Waals surface area (Å²) in [6.45, 7) is 2.67. The molecule has 1 atom stereocenters. The Morgan fingerprint density at radius 3 is 2.32 bits per heavy atom. The second kappa shape index (κ2) is 6.93. The third-order valence-corrected chi connectivity index (χ3v) is 3.71. The average Bonchev–Trinajstić information content (AvgIpc) is 2.47. The largest absolute Gasteiger partial charge is 0.486 e. The van der Waals surface area contributed by atoms with Gasteiger partial charge in [0.05, 0.1) is 0 Å². The Labute approximate surface area is 133 Å². The summed E-state index contributed by atoms with van der Waals surface area (Å²) in [5.74, 6) is 0.898. The highest BCUT2D eigenvalue weighted by Crippen LogP contribution is 2.41. The topological polar surface area (TPSA) is 33.7 Å². The lowest BCUT2D eigenvalue weighted by molar-refractivity contribution is -0.187. The van der Waals surface area contributed by atoms with E-state index in [0.29, 0.717) is 50.9 Å². The van der Waals surface area contributed by atoms with E-state index in [1.807, 2.05) is 0 Å². The van der Waals surface area contributed by atoms with Crippen LogP contribution < -0.4 is 14.8 Å². The Kier molecular flexibility index (Phi) is 5.41. The zero-order valence-electron chi connectivity index (χ0n) is 11.9. The molecule has 0 amide bonds. The van der Waals surface area contributed by atoms with Crippen LogP contribution in [0, 0.1) is 0 Å². The third kappa shape index (κ3) is 3.59. The van der Waals surface area contributed by atoms with E-state index < -0.39 is 12.2 Å². The number of hydrogen-bond donors (Lipinski definition) is 1. The van der Waals surface area contributed by atoms with Gasteiger partial charge in [-0.15, -0.1) is 12.4 Å². The van der Waals surface area contributed by atoms with Crippen molar-refractivity contribution in [2.45, 2.75) is 12.2 Å². The molecule has 0 saturated carbocycles. The molecule has 2 aliphatic rings. The van der Waals surface area contributed by atoms with Crippen molar-refractivity contribution < 1.29 is 22.6 Å². The molecule has 1 N–H and O–H groups in total. The SMILES string of the molecule is Cl.FC(F)(F)[C@@H](c1ccc2c(c1)OCCO2)N1CCNCC1. The van der Waals surface area contributed by atoms with Crippen molar-refractivity contribution in [3.63, 3.8) is 0 Å². The van der Waals surface area contributed by atoms with Gasteiger partial charge in [0.15, 0.2) is 11.5 Å². The van der Waals surface area contributed by atoms with Gasteiger partial charge in [-0.2, -0.15) is 13.2 Å². The summed E-state index contributed by atoms with van der Waals surface area (Å²) in [5.41, 5.74) is 0.202. The summed E-state index contributed by atoms with van der Waals surface area (Å²) in [4.78, 5) is 1.46. The molecule has 0 aliphatic carbocycles. The maximum atomic E-state index is 13.5. The molecule has 1 saturated heterocycles. The Morgan fingerprint density at radius 1 is 1.05 bits per heavy atom.